The molecule has 0 aliphatic rings. The molecule has 0 aromatic rings. The minimum absolute atomic E-state index is 0.0480. The van der Waals surface area contributed by atoms with Crippen LogP contribution in [0.3, 0.4) is 0 Å². The van der Waals surface area contributed by atoms with E-state index in [-0.39, 0.29) is 5.60 Å². The zero-order valence-corrected chi connectivity index (χ0v) is 10.4. The van der Waals surface area contributed by atoms with E-state index in [2.05, 4.69) is 41.5 Å². The summed E-state index contributed by atoms with van der Waals surface area (Å²) in [6.07, 6.45) is 2.26. The summed E-state index contributed by atoms with van der Waals surface area (Å²) in [6, 6.07) is 0. The van der Waals surface area contributed by atoms with Crippen molar-refractivity contribution in [1.29, 1.82) is 0 Å². The van der Waals surface area contributed by atoms with Gasteiger partial charge in [0.1, 0.15) is 0 Å². The van der Waals surface area contributed by atoms with Gasteiger partial charge in [0.2, 0.25) is 0 Å². The van der Waals surface area contributed by atoms with E-state index in [1.54, 1.807) is 0 Å². The van der Waals surface area contributed by atoms with Crippen molar-refractivity contribution >= 4 is 0 Å². The summed E-state index contributed by atoms with van der Waals surface area (Å²) in [5.41, 5.74) is 0.395. The van der Waals surface area contributed by atoms with Crippen molar-refractivity contribution in [3.63, 3.8) is 0 Å². The molecule has 0 saturated carbocycles. The molecule has 0 fully saturated rings. The Bertz CT molecular complexity index is 144. The first-order valence-electron chi connectivity index (χ1n) is 5.24. The molecule has 1 atom stereocenters. The van der Waals surface area contributed by atoms with Crippen LogP contribution >= 0.6 is 0 Å². The monoisotopic (exact) mass is 186 g/mol. The summed E-state index contributed by atoms with van der Waals surface area (Å²) in [7, 11) is 1.83. The smallest absolute Gasteiger partial charge is 0.0658 e. The maximum Gasteiger partial charge on any atom is 0.0658 e. The Morgan fingerprint density at radius 1 is 1.08 bits per heavy atom. The second-order valence-corrected chi connectivity index (χ2v) is 5.99. The first-order chi connectivity index (χ1) is 5.68. The lowest BCUT2D eigenvalue weighted by molar-refractivity contribution is -0.0395. The van der Waals surface area contributed by atoms with Crippen LogP contribution in [-0.4, -0.2) is 12.7 Å². The molecule has 0 aromatic heterocycles. The Balaban J connectivity index is 4.28. The van der Waals surface area contributed by atoms with Crippen LogP contribution in [0.1, 0.15) is 54.4 Å². The van der Waals surface area contributed by atoms with E-state index in [0.29, 0.717) is 11.3 Å². The fraction of sp³-hybridized carbons (Fsp3) is 1.00. The molecule has 0 amide bonds. The molecule has 1 nitrogen and oxygen atoms in total. The van der Waals surface area contributed by atoms with Crippen LogP contribution in [-0.2, 0) is 4.74 Å². The summed E-state index contributed by atoms with van der Waals surface area (Å²) in [5, 5.41) is 0. The van der Waals surface area contributed by atoms with E-state index in [9.17, 15) is 0 Å². The summed E-state index contributed by atoms with van der Waals surface area (Å²) in [4.78, 5) is 0. The second-order valence-electron chi connectivity index (χ2n) is 5.99. The van der Waals surface area contributed by atoms with E-state index in [1.807, 2.05) is 7.11 Å². The highest BCUT2D eigenvalue weighted by atomic mass is 16.5. The zero-order valence-electron chi connectivity index (χ0n) is 10.4. The molecule has 0 aliphatic carbocycles. The molecule has 0 heterocycles. The van der Waals surface area contributed by atoms with Crippen LogP contribution in [0.4, 0.5) is 0 Å². The van der Waals surface area contributed by atoms with Crippen LogP contribution in [0, 0.1) is 11.3 Å². The number of hydrogen-bond acceptors (Lipinski definition) is 1. The molecule has 0 rings (SSSR count). The molecule has 0 N–H and O–H groups in total. The Labute approximate surface area is 83.9 Å². The van der Waals surface area contributed by atoms with Crippen LogP contribution in [0.25, 0.3) is 0 Å². The second kappa shape index (κ2) is 4.45. The van der Waals surface area contributed by atoms with Crippen molar-refractivity contribution in [2.45, 2.75) is 60.0 Å². The highest BCUT2D eigenvalue weighted by Crippen LogP contribution is 2.33. The largest absolute Gasteiger partial charge is 0.378 e. The fourth-order valence-corrected chi connectivity index (χ4v) is 2.21. The first-order valence-corrected chi connectivity index (χ1v) is 5.24. The number of ether oxygens (including phenoxy) is 1. The van der Waals surface area contributed by atoms with E-state index >= 15 is 0 Å². The lowest BCUT2D eigenvalue weighted by Gasteiger charge is -2.35. The van der Waals surface area contributed by atoms with E-state index in [0.717, 1.165) is 12.8 Å². The molecule has 1 unspecified atom stereocenters. The molecule has 0 spiro atoms. The van der Waals surface area contributed by atoms with Gasteiger partial charge in [-0.05, 0) is 31.1 Å². The first kappa shape index (κ1) is 13.0. The van der Waals surface area contributed by atoms with Crippen LogP contribution in [0.5, 0.6) is 0 Å². The van der Waals surface area contributed by atoms with Crippen molar-refractivity contribution in [2.75, 3.05) is 7.11 Å². The SMILES string of the molecule is COC(C)(CC(C)C)CC(C)(C)C. The Kier molecular flexibility index (Phi) is 4.44. The van der Waals surface area contributed by atoms with Crippen molar-refractivity contribution in [2.24, 2.45) is 11.3 Å². The molecule has 0 aliphatic heterocycles. The third kappa shape index (κ3) is 6.09. The van der Waals surface area contributed by atoms with Gasteiger partial charge in [-0.3, -0.25) is 0 Å². The van der Waals surface area contributed by atoms with Gasteiger partial charge in [0.05, 0.1) is 5.60 Å². The van der Waals surface area contributed by atoms with E-state index in [1.165, 1.54) is 0 Å². The van der Waals surface area contributed by atoms with Gasteiger partial charge in [0.15, 0.2) is 0 Å². The van der Waals surface area contributed by atoms with Gasteiger partial charge in [-0.2, -0.15) is 0 Å². The molecule has 13 heavy (non-hydrogen) atoms. The summed E-state index contributed by atoms with van der Waals surface area (Å²) >= 11 is 0. The molecule has 0 saturated heterocycles. The van der Waals surface area contributed by atoms with Crippen molar-refractivity contribution in [3.05, 3.63) is 0 Å². The van der Waals surface area contributed by atoms with Gasteiger partial charge in [-0.1, -0.05) is 34.6 Å². The highest BCUT2D eigenvalue weighted by molar-refractivity contribution is 4.82. The van der Waals surface area contributed by atoms with Gasteiger partial charge in [-0.25, -0.2) is 0 Å². The van der Waals surface area contributed by atoms with Crippen molar-refractivity contribution in [3.8, 4) is 0 Å². The number of methoxy groups -OCH3 is 1. The predicted octanol–water partition coefficient (Wildman–Crippen LogP) is 3.87. The van der Waals surface area contributed by atoms with E-state index in [4.69, 9.17) is 4.74 Å². The highest BCUT2D eigenvalue weighted by Gasteiger charge is 2.30. The van der Waals surface area contributed by atoms with Crippen molar-refractivity contribution < 1.29 is 4.74 Å². The lowest BCUT2D eigenvalue weighted by atomic mass is 9.79. The summed E-state index contributed by atoms with van der Waals surface area (Å²) < 4.78 is 5.62. The Morgan fingerprint density at radius 2 is 1.54 bits per heavy atom. The van der Waals surface area contributed by atoms with Gasteiger partial charge >= 0.3 is 0 Å². The molecule has 0 radical (unpaired) electrons. The molecular formula is C12H26O. The standard InChI is InChI=1S/C12H26O/c1-10(2)8-12(6,13-7)9-11(3,4)5/h10H,8-9H2,1-7H3. The Morgan fingerprint density at radius 3 is 1.77 bits per heavy atom. The molecular weight excluding hydrogens is 160 g/mol. The van der Waals surface area contributed by atoms with Gasteiger partial charge in [-0.15, -0.1) is 0 Å². The maximum absolute atomic E-state index is 5.62. The van der Waals surface area contributed by atoms with Gasteiger partial charge < -0.3 is 4.74 Å². The van der Waals surface area contributed by atoms with Crippen LogP contribution < -0.4 is 0 Å². The minimum atomic E-state index is 0.0480. The van der Waals surface area contributed by atoms with E-state index < -0.39 is 0 Å². The lowest BCUT2D eigenvalue weighted by Crippen LogP contribution is -2.34. The quantitative estimate of drug-likeness (QED) is 0.647. The maximum atomic E-state index is 5.62. The van der Waals surface area contributed by atoms with Crippen LogP contribution in [0.2, 0.25) is 0 Å². The zero-order chi connectivity index (χ0) is 10.7. The predicted molar refractivity (Wildman–Crippen MR) is 58.9 cm³/mol. The minimum Gasteiger partial charge on any atom is -0.378 e. The summed E-state index contributed by atoms with van der Waals surface area (Å²) in [6.45, 7) is 13.5. The molecule has 80 valence electrons. The normalized spacial score (nSPS) is 17.5. The fourth-order valence-electron chi connectivity index (χ4n) is 2.21. The third-order valence-electron chi connectivity index (χ3n) is 2.24. The van der Waals surface area contributed by atoms with Gasteiger partial charge in [0, 0.05) is 7.11 Å². The third-order valence-corrected chi connectivity index (χ3v) is 2.24. The average molecular weight is 186 g/mol. The number of rotatable bonds is 4. The molecule has 0 aromatic carbocycles. The molecule has 1 heteroatoms. The average Bonchev–Trinajstić information content (AvgIpc) is 1.81. The number of hydrogen-bond donors (Lipinski definition) is 0. The molecule has 0 bridgehead atoms. The van der Waals surface area contributed by atoms with Crippen molar-refractivity contribution in [1.82, 2.24) is 0 Å². The Hall–Kier alpha value is -0.0400. The summed E-state index contributed by atoms with van der Waals surface area (Å²) in [5.74, 6) is 0.701. The van der Waals surface area contributed by atoms with Crippen LogP contribution in [0.15, 0.2) is 0 Å². The van der Waals surface area contributed by atoms with Gasteiger partial charge in [0.25, 0.3) is 0 Å². The topological polar surface area (TPSA) is 9.23 Å².